The predicted molar refractivity (Wildman–Crippen MR) is 113 cm³/mol. The van der Waals surface area contributed by atoms with Gasteiger partial charge in [0.1, 0.15) is 11.4 Å². The van der Waals surface area contributed by atoms with E-state index in [9.17, 15) is 5.11 Å². The number of methoxy groups -OCH3 is 3. The lowest BCUT2D eigenvalue weighted by molar-refractivity contribution is 0.0655. The third-order valence-electron chi connectivity index (χ3n) is 4.19. The fraction of sp³-hybridized carbons (Fsp3) is 0.450. The molecule has 1 atom stereocenters. The molecule has 1 heterocycles. The highest BCUT2D eigenvalue weighted by atomic mass is 32.1. The lowest BCUT2D eigenvalue weighted by Crippen LogP contribution is -2.44. The molecule has 0 saturated carbocycles. The summed E-state index contributed by atoms with van der Waals surface area (Å²) in [5.74, 6) is 2.50. The summed E-state index contributed by atoms with van der Waals surface area (Å²) >= 11 is 1.53. The van der Waals surface area contributed by atoms with Gasteiger partial charge in [-0.1, -0.05) is 6.07 Å². The maximum absolute atomic E-state index is 10.7. The van der Waals surface area contributed by atoms with Crippen molar-refractivity contribution in [2.75, 3.05) is 34.4 Å². The van der Waals surface area contributed by atoms with E-state index in [4.69, 9.17) is 14.2 Å². The maximum Gasteiger partial charge on any atom is 0.191 e. The van der Waals surface area contributed by atoms with E-state index in [2.05, 4.69) is 15.6 Å². The number of ether oxygens (including phenoxy) is 3. The predicted octanol–water partition coefficient (Wildman–Crippen LogP) is 2.74. The quantitative estimate of drug-likeness (QED) is 0.438. The number of benzene rings is 1. The van der Waals surface area contributed by atoms with E-state index in [0.29, 0.717) is 42.8 Å². The fourth-order valence-corrected chi connectivity index (χ4v) is 3.44. The molecular weight excluding hydrogens is 378 g/mol. The Morgan fingerprint density at radius 1 is 1.11 bits per heavy atom. The second-order valence-electron chi connectivity index (χ2n) is 6.32. The van der Waals surface area contributed by atoms with Crippen molar-refractivity contribution in [3.8, 4) is 17.2 Å². The maximum atomic E-state index is 10.7. The summed E-state index contributed by atoms with van der Waals surface area (Å²) in [6.07, 6.45) is 0. The van der Waals surface area contributed by atoms with Crippen LogP contribution in [0.15, 0.2) is 34.6 Å². The van der Waals surface area contributed by atoms with Crippen molar-refractivity contribution >= 4 is 17.3 Å². The molecule has 0 amide bonds. The van der Waals surface area contributed by atoms with Crippen LogP contribution in [0.3, 0.4) is 0 Å². The molecule has 0 bridgehead atoms. The van der Waals surface area contributed by atoms with Gasteiger partial charge in [-0.25, -0.2) is 4.99 Å². The normalized spacial score (nSPS) is 13.6. The Hall–Kier alpha value is -2.45. The first-order chi connectivity index (χ1) is 13.4. The Bertz CT molecular complexity index is 776. The van der Waals surface area contributed by atoms with Gasteiger partial charge in [-0.2, -0.15) is 0 Å². The van der Waals surface area contributed by atoms with Gasteiger partial charge >= 0.3 is 0 Å². The summed E-state index contributed by atoms with van der Waals surface area (Å²) in [6.45, 7) is 5.19. The molecule has 0 aliphatic rings. The zero-order valence-corrected chi connectivity index (χ0v) is 17.9. The SMILES string of the molecule is CCNC(=NCc1cc(OC)c(OC)cc1OC)NCC(C)(O)c1cccs1. The third kappa shape index (κ3) is 5.53. The Kier molecular flexibility index (Phi) is 7.95. The summed E-state index contributed by atoms with van der Waals surface area (Å²) in [7, 11) is 4.79. The van der Waals surface area contributed by atoms with E-state index < -0.39 is 5.60 Å². The summed E-state index contributed by atoms with van der Waals surface area (Å²) < 4.78 is 16.1. The lowest BCUT2D eigenvalue weighted by atomic mass is 10.1. The van der Waals surface area contributed by atoms with Gasteiger partial charge in [0.05, 0.1) is 34.4 Å². The Balaban J connectivity index is 2.16. The molecule has 3 N–H and O–H groups in total. The highest BCUT2D eigenvalue weighted by Gasteiger charge is 2.24. The van der Waals surface area contributed by atoms with Crippen molar-refractivity contribution in [2.45, 2.75) is 26.0 Å². The molecule has 1 unspecified atom stereocenters. The van der Waals surface area contributed by atoms with Crippen LogP contribution in [-0.2, 0) is 12.1 Å². The Morgan fingerprint density at radius 2 is 1.79 bits per heavy atom. The number of aliphatic imine (C=N–C) groups is 1. The Labute approximate surface area is 170 Å². The molecule has 1 aromatic carbocycles. The zero-order valence-electron chi connectivity index (χ0n) is 17.0. The van der Waals surface area contributed by atoms with Crippen molar-refractivity contribution in [3.05, 3.63) is 40.1 Å². The minimum absolute atomic E-state index is 0.336. The van der Waals surface area contributed by atoms with Crippen LogP contribution >= 0.6 is 11.3 Å². The van der Waals surface area contributed by atoms with Crippen molar-refractivity contribution in [1.82, 2.24) is 10.6 Å². The summed E-state index contributed by atoms with van der Waals surface area (Å²) in [6, 6.07) is 7.49. The number of hydrogen-bond acceptors (Lipinski definition) is 6. The van der Waals surface area contributed by atoms with Crippen molar-refractivity contribution in [1.29, 1.82) is 0 Å². The molecule has 0 fully saturated rings. The molecule has 0 radical (unpaired) electrons. The van der Waals surface area contributed by atoms with Gasteiger partial charge < -0.3 is 30.0 Å². The topological polar surface area (TPSA) is 84.3 Å². The van der Waals surface area contributed by atoms with Gasteiger partial charge in [-0.05, 0) is 31.4 Å². The summed E-state index contributed by atoms with van der Waals surface area (Å²) in [5, 5.41) is 19.1. The first kappa shape index (κ1) is 21.8. The van der Waals surface area contributed by atoms with Crippen molar-refractivity contribution in [3.63, 3.8) is 0 Å². The molecule has 0 aliphatic heterocycles. The van der Waals surface area contributed by atoms with Gasteiger partial charge in [-0.3, -0.25) is 0 Å². The first-order valence-corrected chi connectivity index (χ1v) is 9.90. The van der Waals surface area contributed by atoms with E-state index >= 15 is 0 Å². The third-order valence-corrected chi connectivity index (χ3v) is 5.31. The molecule has 7 nitrogen and oxygen atoms in total. The average Bonchev–Trinajstić information content (AvgIpc) is 3.25. The van der Waals surface area contributed by atoms with Crippen LogP contribution in [-0.4, -0.2) is 45.5 Å². The van der Waals surface area contributed by atoms with Crippen LogP contribution in [0.4, 0.5) is 0 Å². The van der Waals surface area contributed by atoms with Crippen molar-refractivity contribution < 1.29 is 19.3 Å². The second kappa shape index (κ2) is 10.2. The van der Waals surface area contributed by atoms with Crippen LogP contribution < -0.4 is 24.8 Å². The highest BCUT2D eigenvalue weighted by Crippen LogP contribution is 2.35. The standard InChI is InChI=1S/C20H29N3O4S/c1-6-21-19(23-13-20(2,24)18-8-7-9-28-18)22-12-14-10-16(26-4)17(27-5)11-15(14)25-3/h7-11,24H,6,12-13H2,1-5H3,(H2,21,22,23). The molecular formula is C20H29N3O4S. The molecule has 0 aliphatic carbocycles. The second-order valence-corrected chi connectivity index (χ2v) is 7.27. The van der Waals surface area contributed by atoms with Crippen LogP contribution in [0, 0.1) is 0 Å². The molecule has 1 aromatic heterocycles. The fourth-order valence-electron chi connectivity index (χ4n) is 2.65. The minimum Gasteiger partial charge on any atom is -0.496 e. The Morgan fingerprint density at radius 3 is 2.36 bits per heavy atom. The largest absolute Gasteiger partial charge is 0.496 e. The number of guanidine groups is 1. The van der Waals surface area contributed by atoms with Gasteiger partial charge in [-0.15, -0.1) is 11.3 Å². The molecule has 2 rings (SSSR count). The van der Waals surface area contributed by atoms with Crippen LogP contribution in [0.5, 0.6) is 17.2 Å². The number of rotatable bonds is 9. The summed E-state index contributed by atoms with van der Waals surface area (Å²) in [4.78, 5) is 5.52. The molecule has 0 spiro atoms. The van der Waals surface area contributed by atoms with E-state index in [1.807, 2.05) is 30.5 Å². The molecule has 28 heavy (non-hydrogen) atoms. The van der Waals surface area contributed by atoms with Gasteiger partial charge in [0.25, 0.3) is 0 Å². The monoisotopic (exact) mass is 407 g/mol. The summed E-state index contributed by atoms with van der Waals surface area (Å²) in [5.41, 5.74) is -0.117. The van der Waals surface area contributed by atoms with Gasteiger partial charge in [0, 0.05) is 23.1 Å². The minimum atomic E-state index is -0.981. The van der Waals surface area contributed by atoms with E-state index in [1.54, 1.807) is 34.3 Å². The first-order valence-electron chi connectivity index (χ1n) is 9.02. The molecule has 0 saturated heterocycles. The molecule has 2 aromatic rings. The van der Waals surface area contributed by atoms with E-state index in [-0.39, 0.29) is 0 Å². The number of aliphatic hydroxyl groups is 1. The molecule has 8 heteroatoms. The van der Waals surface area contributed by atoms with Crippen LogP contribution in [0.1, 0.15) is 24.3 Å². The lowest BCUT2D eigenvalue weighted by Gasteiger charge is -2.23. The highest BCUT2D eigenvalue weighted by molar-refractivity contribution is 7.10. The van der Waals surface area contributed by atoms with Gasteiger partial charge in [0.2, 0.25) is 0 Å². The zero-order chi connectivity index (χ0) is 20.6. The smallest absolute Gasteiger partial charge is 0.191 e. The van der Waals surface area contributed by atoms with E-state index in [0.717, 1.165) is 10.4 Å². The van der Waals surface area contributed by atoms with Crippen molar-refractivity contribution in [2.24, 2.45) is 4.99 Å². The van der Waals surface area contributed by atoms with Crippen LogP contribution in [0.2, 0.25) is 0 Å². The molecule has 154 valence electrons. The number of thiophene rings is 1. The number of nitrogens with zero attached hydrogens (tertiary/aromatic N) is 1. The number of hydrogen-bond donors (Lipinski definition) is 3. The van der Waals surface area contributed by atoms with Crippen LogP contribution in [0.25, 0.3) is 0 Å². The number of nitrogens with one attached hydrogen (secondary N) is 2. The van der Waals surface area contributed by atoms with E-state index in [1.165, 1.54) is 11.3 Å². The van der Waals surface area contributed by atoms with Gasteiger partial charge in [0.15, 0.2) is 17.5 Å². The average molecular weight is 408 g/mol.